The third kappa shape index (κ3) is 3.09. The predicted octanol–water partition coefficient (Wildman–Crippen LogP) is 1.13. The van der Waals surface area contributed by atoms with Crippen LogP contribution in [0, 0.1) is 0 Å². The van der Waals surface area contributed by atoms with E-state index in [9.17, 15) is 0 Å². The number of hydrogen-bond acceptors (Lipinski definition) is 2. The second-order valence-electron chi connectivity index (χ2n) is 3.06. The molecule has 0 spiro atoms. The fraction of sp³-hybridized carbons (Fsp3) is 1.00. The Morgan fingerprint density at radius 2 is 2.17 bits per heavy atom. The quantitative estimate of drug-likeness (QED) is 0.701. The van der Waals surface area contributed by atoms with E-state index in [4.69, 9.17) is 23.2 Å². The molecule has 1 heterocycles. The molecule has 0 amide bonds. The monoisotopic (exact) mass is 210 g/mol. The molecular formula is C8H16Cl2N2. The third-order valence-electron chi connectivity index (χ3n) is 2.29. The molecule has 0 saturated carbocycles. The molecule has 1 fully saturated rings. The Bertz CT molecular complexity index is 104. The zero-order valence-corrected chi connectivity index (χ0v) is 8.74. The van der Waals surface area contributed by atoms with Crippen LogP contribution in [0.15, 0.2) is 0 Å². The fourth-order valence-electron chi connectivity index (χ4n) is 1.62. The molecule has 12 heavy (non-hydrogen) atoms. The van der Waals surface area contributed by atoms with Gasteiger partial charge in [0.15, 0.2) is 0 Å². The summed E-state index contributed by atoms with van der Waals surface area (Å²) in [6, 6.07) is 0.593. The molecule has 4 heteroatoms. The molecule has 2 nitrogen and oxygen atoms in total. The summed E-state index contributed by atoms with van der Waals surface area (Å²) in [5, 5.41) is 3.36. The maximum Gasteiger partial charge on any atom is 0.0351 e. The Morgan fingerprint density at radius 1 is 1.33 bits per heavy atom. The lowest BCUT2D eigenvalue weighted by molar-refractivity contribution is 0.167. The molecule has 1 unspecified atom stereocenters. The van der Waals surface area contributed by atoms with Crippen molar-refractivity contribution < 1.29 is 0 Å². The highest BCUT2D eigenvalue weighted by molar-refractivity contribution is 6.18. The Hall–Kier alpha value is 0.500. The van der Waals surface area contributed by atoms with E-state index in [1.807, 2.05) is 0 Å². The maximum atomic E-state index is 5.71. The summed E-state index contributed by atoms with van der Waals surface area (Å²) in [5.41, 5.74) is 0. The van der Waals surface area contributed by atoms with Crippen molar-refractivity contribution in [2.24, 2.45) is 0 Å². The lowest BCUT2D eigenvalue weighted by Crippen LogP contribution is -2.51. The van der Waals surface area contributed by atoms with Crippen LogP contribution in [0.5, 0.6) is 0 Å². The van der Waals surface area contributed by atoms with Gasteiger partial charge in [0, 0.05) is 44.0 Å². The summed E-state index contributed by atoms with van der Waals surface area (Å²) >= 11 is 11.4. The summed E-state index contributed by atoms with van der Waals surface area (Å²) in [4.78, 5) is 2.42. The van der Waals surface area contributed by atoms with Crippen LogP contribution in [0.4, 0.5) is 0 Å². The highest BCUT2D eigenvalue weighted by Gasteiger charge is 2.20. The van der Waals surface area contributed by atoms with Crippen LogP contribution in [0.25, 0.3) is 0 Å². The second kappa shape index (κ2) is 6.03. The maximum absolute atomic E-state index is 5.71. The molecule has 1 N–H and O–H groups in total. The van der Waals surface area contributed by atoms with E-state index in [-0.39, 0.29) is 0 Å². The minimum Gasteiger partial charge on any atom is -0.314 e. The van der Waals surface area contributed by atoms with E-state index >= 15 is 0 Å². The molecule has 0 aromatic rings. The average molecular weight is 211 g/mol. The van der Waals surface area contributed by atoms with Gasteiger partial charge in [-0.25, -0.2) is 0 Å². The largest absolute Gasteiger partial charge is 0.314 e. The molecule has 72 valence electrons. The van der Waals surface area contributed by atoms with Crippen molar-refractivity contribution in [2.75, 3.05) is 37.9 Å². The minimum absolute atomic E-state index is 0.593. The van der Waals surface area contributed by atoms with Crippen molar-refractivity contribution in [3.63, 3.8) is 0 Å². The van der Waals surface area contributed by atoms with Crippen molar-refractivity contribution in [3.05, 3.63) is 0 Å². The van der Waals surface area contributed by atoms with Crippen molar-refractivity contribution in [3.8, 4) is 0 Å². The van der Waals surface area contributed by atoms with Gasteiger partial charge < -0.3 is 5.32 Å². The van der Waals surface area contributed by atoms with E-state index in [2.05, 4.69) is 10.2 Å². The molecule has 0 aromatic heterocycles. The molecule has 1 atom stereocenters. The Morgan fingerprint density at radius 3 is 2.83 bits per heavy atom. The van der Waals surface area contributed by atoms with Crippen LogP contribution in [0.2, 0.25) is 0 Å². The lowest BCUT2D eigenvalue weighted by atomic mass is 10.1. The van der Waals surface area contributed by atoms with Crippen molar-refractivity contribution in [1.29, 1.82) is 0 Å². The minimum atomic E-state index is 0.593. The summed E-state index contributed by atoms with van der Waals surface area (Å²) in [6.07, 6.45) is 1.06. The highest BCUT2D eigenvalue weighted by Crippen LogP contribution is 2.07. The molecule has 1 rings (SSSR count). The normalized spacial score (nSPS) is 26.0. The van der Waals surface area contributed by atoms with Gasteiger partial charge in [-0.05, 0) is 6.42 Å². The Balaban J connectivity index is 2.31. The molecular weight excluding hydrogens is 195 g/mol. The molecule has 0 aliphatic carbocycles. The van der Waals surface area contributed by atoms with Gasteiger partial charge in [-0.1, -0.05) is 0 Å². The predicted molar refractivity (Wildman–Crippen MR) is 54.3 cm³/mol. The van der Waals surface area contributed by atoms with Crippen LogP contribution in [-0.4, -0.2) is 48.9 Å². The summed E-state index contributed by atoms with van der Waals surface area (Å²) < 4.78 is 0. The standard InChI is InChI=1S/C8H16Cl2N2/c9-2-1-8-7-11-4-6-12(8)5-3-10/h8,11H,1-7H2. The van der Waals surface area contributed by atoms with Gasteiger partial charge in [-0.15, -0.1) is 23.2 Å². The van der Waals surface area contributed by atoms with E-state index in [1.165, 1.54) is 0 Å². The highest BCUT2D eigenvalue weighted by atomic mass is 35.5. The molecule has 0 bridgehead atoms. The van der Waals surface area contributed by atoms with Gasteiger partial charge in [0.1, 0.15) is 0 Å². The third-order valence-corrected chi connectivity index (χ3v) is 2.67. The number of nitrogens with one attached hydrogen (secondary N) is 1. The van der Waals surface area contributed by atoms with Gasteiger partial charge in [-0.3, -0.25) is 4.90 Å². The first-order valence-electron chi connectivity index (χ1n) is 4.45. The van der Waals surface area contributed by atoms with Gasteiger partial charge in [-0.2, -0.15) is 0 Å². The number of hydrogen-bond donors (Lipinski definition) is 1. The van der Waals surface area contributed by atoms with Crippen molar-refractivity contribution in [1.82, 2.24) is 10.2 Å². The number of piperazine rings is 1. The smallest absolute Gasteiger partial charge is 0.0351 e. The fourth-order valence-corrected chi connectivity index (χ4v) is 2.09. The first-order valence-corrected chi connectivity index (χ1v) is 5.52. The SMILES string of the molecule is ClCCC1CNCCN1CCCl. The number of halogens is 2. The van der Waals surface area contributed by atoms with Crippen LogP contribution in [-0.2, 0) is 0 Å². The molecule has 0 radical (unpaired) electrons. The molecule has 1 aliphatic heterocycles. The Labute approximate surface area is 84.2 Å². The van der Waals surface area contributed by atoms with Crippen LogP contribution >= 0.6 is 23.2 Å². The first-order chi connectivity index (χ1) is 5.88. The number of alkyl halides is 2. The van der Waals surface area contributed by atoms with Gasteiger partial charge in [0.2, 0.25) is 0 Å². The van der Waals surface area contributed by atoms with Gasteiger partial charge in [0.25, 0.3) is 0 Å². The van der Waals surface area contributed by atoms with Gasteiger partial charge in [0.05, 0.1) is 0 Å². The zero-order valence-electron chi connectivity index (χ0n) is 7.23. The second-order valence-corrected chi connectivity index (χ2v) is 3.82. The number of rotatable bonds is 4. The number of nitrogens with zero attached hydrogens (tertiary/aromatic N) is 1. The van der Waals surface area contributed by atoms with Crippen LogP contribution in [0.3, 0.4) is 0 Å². The topological polar surface area (TPSA) is 15.3 Å². The first kappa shape index (κ1) is 10.6. The summed E-state index contributed by atoms with van der Waals surface area (Å²) in [7, 11) is 0. The summed E-state index contributed by atoms with van der Waals surface area (Å²) in [6.45, 7) is 4.23. The van der Waals surface area contributed by atoms with Crippen molar-refractivity contribution in [2.45, 2.75) is 12.5 Å². The van der Waals surface area contributed by atoms with E-state index in [0.717, 1.165) is 44.4 Å². The molecule has 1 saturated heterocycles. The average Bonchev–Trinajstić information content (AvgIpc) is 2.09. The Kier molecular flexibility index (Phi) is 5.32. The van der Waals surface area contributed by atoms with Crippen LogP contribution < -0.4 is 5.32 Å². The zero-order chi connectivity index (χ0) is 8.81. The van der Waals surface area contributed by atoms with Gasteiger partial charge >= 0.3 is 0 Å². The van der Waals surface area contributed by atoms with E-state index in [1.54, 1.807) is 0 Å². The molecule has 0 aromatic carbocycles. The molecule has 1 aliphatic rings. The van der Waals surface area contributed by atoms with E-state index in [0.29, 0.717) is 6.04 Å². The summed E-state index contributed by atoms with van der Waals surface area (Å²) in [5.74, 6) is 1.46. The van der Waals surface area contributed by atoms with Crippen LogP contribution in [0.1, 0.15) is 6.42 Å². The lowest BCUT2D eigenvalue weighted by Gasteiger charge is -2.35. The van der Waals surface area contributed by atoms with E-state index < -0.39 is 0 Å². The van der Waals surface area contributed by atoms with Crippen molar-refractivity contribution >= 4 is 23.2 Å².